The van der Waals surface area contributed by atoms with E-state index in [1.54, 1.807) is 12.1 Å². The Bertz CT molecular complexity index is 1040. The topological polar surface area (TPSA) is 66.5 Å². The third-order valence-corrected chi connectivity index (χ3v) is 7.92. The fourth-order valence-corrected chi connectivity index (χ4v) is 5.47. The first kappa shape index (κ1) is 21.8. The minimum absolute atomic E-state index is 0.227. The summed E-state index contributed by atoms with van der Waals surface area (Å²) in [5, 5.41) is 2.91. The lowest BCUT2D eigenvalue weighted by molar-refractivity contribution is -0.172. The van der Waals surface area contributed by atoms with Crippen molar-refractivity contribution in [2.75, 3.05) is 5.32 Å². The molecule has 0 aromatic heterocycles. The smallest absolute Gasteiger partial charge is 0.248 e. The van der Waals surface area contributed by atoms with E-state index in [-0.39, 0.29) is 30.1 Å². The van der Waals surface area contributed by atoms with Gasteiger partial charge in [0.15, 0.2) is 0 Å². The van der Waals surface area contributed by atoms with Gasteiger partial charge in [-0.1, -0.05) is 73.1 Å². The van der Waals surface area contributed by atoms with Gasteiger partial charge in [-0.05, 0) is 42.0 Å². The lowest BCUT2D eigenvalue weighted by atomic mass is 9.62. The van der Waals surface area contributed by atoms with Crippen molar-refractivity contribution in [3.05, 3.63) is 64.6 Å². The number of likely N-dealkylation sites (tertiary alicyclic amines) is 1. The summed E-state index contributed by atoms with van der Waals surface area (Å²) in [6, 6.07) is 15.9. The lowest BCUT2D eigenvalue weighted by Crippen LogP contribution is -2.64. The summed E-state index contributed by atoms with van der Waals surface area (Å²) in [4.78, 5) is 41.9. The molecular formula is C25H27BrN2O3. The van der Waals surface area contributed by atoms with Gasteiger partial charge in [0, 0.05) is 22.5 Å². The van der Waals surface area contributed by atoms with Crippen molar-refractivity contribution in [1.29, 1.82) is 0 Å². The Kier molecular flexibility index (Phi) is 5.54. The van der Waals surface area contributed by atoms with E-state index in [9.17, 15) is 14.4 Å². The van der Waals surface area contributed by atoms with E-state index in [4.69, 9.17) is 0 Å². The standard InChI is InChI=1S/C25H27BrN2O3/c1-24(2)19-12-13-25(24,3)23(31)28(22(19)30)20(14-16-8-5-4-6-9-16)21(29)27-18-11-7-10-17(26)15-18/h4-11,15,19-20H,12-14H2,1-3H3,(H,27,29). The van der Waals surface area contributed by atoms with Crippen molar-refractivity contribution < 1.29 is 14.4 Å². The fraction of sp³-hybridized carbons (Fsp3) is 0.400. The number of anilines is 1. The van der Waals surface area contributed by atoms with Crippen molar-refractivity contribution in [2.24, 2.45) is 16.7 Å². The molecule has 162 valence electrons. The van der Waals surface area contributed by atoms with Crippen LogP contribution in [-0.2, 0) is 20.8 Å². The Morgan fingerprint density at radius 1 is 1.13 bits per heavy atom. The molecule has 31 heavy (non-hydrogen) atoms. The predicted octanol–water partition coefficient (Wildman–Crippen LogP) is 4.81. The number of nitrogens with zero attached hydrogens (tertiary/aromatic N) is 1. The monoisotopic (exact) mass is 482 g/mol. The molecule has 5 nitrogen and oxygen atoms in total. The van der Waals surface area contributed by atoms with E-state index >= 15 is 0 Å². The number of piperidine rings is 1. The van der Waals surface area contributed by atoms with Gasteiger partial charge in [-0.15, -0.1) is 0 Å². The zero-order valence-corrected chi connectivity index (χ0v) is 19.6. The molecular weight excluding hydrogens is 456 g/mol. The number of benzene rings is 2. The summed E-state index contributed by atoms with van der Waals surface area (Å²) in [7, 11) is 0. The largest absolute Gasteiger partial charge is 0.324 e. The highest BCUT2D eigenvalue weighted by Crippen LogP contribution is 2.60. The molecule has 1 aliphatic heterocycles. The second-order valence-electron chi connectivity index (χ2n) is 9.36. The van der Waals surface area contributed by atoms with Gasteiger partial charge in [-0.3, -0.25) is 19.3 Å². The molecule has 3 amide bonds. The highest BCUT2D eigenvalue weighted by atomic mass is 79.9. The van der Waals surface area contributed by atoms with Gasteiger partial charge in [-0.25, -0.2) is 0 Å². The van der Waals surface area contributed by atoms with Crippen LogP contribution in [0.15, 0.2) is 59.1 Å². The molecule has 2 aliphatic rings. The molecule has 1 saturated carbocycles. The molecule has 0 radical (unpaired) electrons. The predicted molar refractivity (Wildman–Crippen MR) is 123 cm³/mol. The van der Waals surface area contributed by atoms with Crippen molar-refractivity contribution >= 4 is 39.3 Å². The number of carbonyl (C=O) groups is 3. The van der Waals surface area contributed by atoms with Crippen LogP contribution in [0.4, 0.5) is 5.69 Å². The molecule has 2 fully saturated rings. The van der Waals surface area contributed by atoms with E-state index in [1.807, 2.05) is 63.2 Å². The average Bonchev–Trinajstić information content (AvgIpc) is 2.91. The Morgan fingerprint density at radius 2 is 1.84 bits per heavy atom. The van der Waals surface area contributed by atoms with Crippen molar-refractivity contribution in [3.8, 4) is 0 Å². The molecule has 0 spiro atoms. The van der Waals surface area contributed by atoms with Gasteiger partial charge in [0.2, 0.25) is 17.7 Å². The van der Waals surface area contributed by atoms with Crippen LogP contribution in [0.1, 0.15) is 39.2 Å². The molecule has 3 atom stereocenters. The van der Waals surface area contributed by atoms with E-state index < -0.39 is 16.9 Å². The SMILES string of the molecule is CC12CCC(C(=O)N(C(Cc3ccccc3)C(=O)Nc3cccc(Br)c3)C1=O)C2(C)C. The van der Waals surface area contributed by atoms with E-state index in [2.05, 4.69) is 21.2 Å². The van der Waals surface area contributed by atoms with Crippen molar-refractivity contribution in [2.45, 2.75) is 46.1 Å². The molecule has 2 bridgehead atoms. The highest BCUT2D eigenvalue weighted by molar-refractivity contribution is 9.10. The third-order valence-electron chi connectivity index (χ3n) is 7.43. The first-order valence-electron chi connectivity index (χ1n) is 10.6. The number of hydrogen-bond acceptors (Lipinski definition) is 3. The summed E-state index contributed by atoms with van der Waals surface area (Å²) in [5.74, 6) is -1.07. The van der Waals surface area contributed by atoms with E-state index in [0.717, 1.165) is 10.0 Å². The van der Waals surface area contributed by atoms with Crippen LogP contribution in [0.25, 0.3) is 0 Å². The molecule has 3 unspecified atom stereocenters. The molecule has 1 aliphatic carbocycles. The van der Waals surface area contributed by atoms with Crippen LogP contribution in [0.5, 0.6) is 0 Å². The van der Waals surface area contributed by atoms with Gasteiger partial charge in [0.25, 0.3) is 0 Å². The maximum Gasteiger partial charge on any atom is 0.248 e. The summed E-state index contributed by atoms with van der Waals surface area (Å²) in [6.45, 7) is 5.96. The van der Waals surface area contributed by atoms with Crippen LogP contribution < -0.4 is 5.32 Å². The summed E-state index contributed by atoms with van der Waals surface area (Å²) >= 11 is 3.41. The zero-order valence-electron chi connectivity index (χ0n) is 18.0. The molecule has 1 heterocycles. The number of amides is 3. The summed E-state index contributed by atoms with van der Waals surface area (Å²) in [6.07, 6.45) is 1.62. The van der Waals surface area contributed by atoms with Crippen LogP contribution in [-0.4, -0.2) is 28.7 Å². The average molecular weight is 483 g/mol. The van der Waals surface area contributed by atoms with Crippen LogP contribution >= 0.6 is 15.9 Å². The Balaban J connectivity index is 1.71. The van der Waals surface area contributed by atoms with Crippen molar-refractivity contribution in [1.82, 2.24) is 4.90 Å². The van der Waals surface area contributed by atoms with Crippen LogP contribution in [0, 0.1) is 16.7 Å². The van der Waals surface area contributed by atoms with Gasteiger partial charge < -0.3 is 5.32 Å². The quantitative estimate of drug-likeness (QED) is 0.621. The number of rotatable bonds is 5. The van der Waals surface area contributed by atoms with E-state index in [0.29, 0.717) is 18.5 Å². The highest BCUT2D eigenvalue weighted by Gasteiger charge is 2.65. The molecule has 1 saturated heterocycles. The molecule has 2 aromatic carbocycles. The van der Waals surface area contributed by atoms with Crippen LogP contribution in [0.2, 0.25) is 0 Å². The number of imide groups is 1. The van der Waals surface area contributed by atoms with Gasteiger partial charge >= 0.3 is 0 Å². The Hall–Kier alpha value is -2.47. The maximum absolute atomic E-state index is 13.7. The number of halogens is 1. The molecule has 2 aromatic rings. The number of nitrogens with one attached hydrogen (secondary N) is 1. The second kappa shape index (κ2) is 7.90. The normalized spacial score (nSPS) is 25.4. The van der Waals surface area contributed by atoms with Crippen molar-refractivity contribution in [3.63, 3.8) is 0 Å². The number of carbonyl (C=O) groups excluding carboxylic acids is 3. The Labute approximate surface area is 191 Å². The van der Waals surface area contributed by atoms with Crippen LogP contribution in [0.3, 0.4) is 0 Å². The number of fused-ring (bicyclic) bond motifs is 2. The van der Waals surface area contributed by atoms with E-state index in [1.165, 1.54) is 4.90 Å². The third kappa shape index (κ3) is 3.61. The first-order chi connectivity index (χ1) is 14.6. The maximum atomic E-state index is 13.7. The van der Waals surface area contributed by atoms with Gasteiger partial charge in [-0.2, -0.15) is 0 Å². The zero-order chi connectivity index (χ0) is 22.4. The Morgan fingerprint density at radius 3 is 2.52 bits per heavy atom. The number of hydrogen-bond donors (Lipinski definition) is 1. The van der Waals surface area contributed by atoms with Gasteiger partial charge in [0.1, 0.15) is 6.04 Å². The fourth-order valence-electron chi connectivity index (χ4n) is 5.07. The molecule has 4 rings (SSSR count). The molecule has 1 N–H and O–H groups in total. The summed E-state index contributed by atoms with van der Waals surface area (Å²) < 4.78 is 0.835. The summed E-state index contributed by atoms with van der Waals surface area (Å²) in [5.41, 5.74) is 0.440. The lowest BCUT2D eigenvalue weighted by Gasteiger charge is -2.49. The minimum Gasteiger partial charge on any atom is -0.324 e. The second-order valence-corrected chi connectivity index (χ2v) is 10.3. The minimum atomic E-state index is -0.905. The first-order valence-corrected chi connectivity index (χ1v) is 11.4. The van der Waals surface area contributed by atoms with Gasteiger partial charge in [0.05, 0.1) is 5.41 Å². The molecule has 6 heteroatoms.